The lowest BCUT2D eigenvalue weighted by atomic mass is 10.1. The van der Waals surface area contributed by atoms with Gasteiger partial charge in [-0.05, 0) is 45.9 Å². The van der Waals surface area contributed by atoms with E-state index in [2.05, 4.69) is 10.1 Å². The van der Waals surface area contributed by atoms with Crippen LogP contribution in [0, 0.1) is 6.92 Å². The molecule has 0 bridgehead atoms. The van der Waals surface area contributed by atoms with Gasteiger partial charge in [0.2, 0.25) is 5.88 Å². The molecule has 12 heteroatoms. The SMILES string of the molecule is Cc1ccc(S(=O)(=O)OCCOCCOc2ccc(COc3cnn(C(C)(C)C)c(=O)c3Cl)cn2)cc1. The molecule has 3 rings (SSSR count). The average Bonchev–Trinajstić information content (AvgIpc) is 2.84. The first kappa shape index (κ1) is 28.6. The molecule has 10 nitrogen and oxygen atoms in total. The molecule has 0 aliphatic heterocycles. The van der Waals surface area contributed by atoms with Crippen molar-refractivity contribution in [2.45, 2.75) is 44.7 Å². The summed E-state index contributed by atoms with van der Waals surface area (Å²) in [4.78, 5) is 16.7. The van der Waals surface area contributed by atoms with E-state index in [1.54, 1.807) is 30.5 Å². The van der Waals surface area contributed by atoms with Gasteiger partial charge in [0, 0.05) is 17.8 Å². The van der Waals surface area contributed by atoms with Crippen LogP contribution in [0.5, 0.6) is 11.6 Å². The third kappa shape index (κ3) is 8.26. The van der Waals surface area contributed by atoms with Gasteiger partial charge in [0.15, 0.2) is 10.8 Å². The van der Waals surface area contributed by atoms with Crippen LogP contribution in [-0.4, -0.2) is 49.6 Å². The molecule has 0 spiro atoms. The number of hydrogen-bond donors (Lipinski definition) is 0. The van der Waals surface area contributed by atoms with Gasteiger partial charge in [0.05, 0.1) is 36.5 Å². The highest BCUT2D eigenvalue weighted by molar-refractivity contribution is 7.86. The van der Waals surface area contributed by atoms with Crippen LogP contribution in [0.25, 0.3) is 0 Å². The topological polar surface area (TPSA) is 119 Å². The molecule has 2 aromatic heterocycles. The monoisotopic (exact) mass is 551 g/mol. The zero-order chi connectivity index (χ0) is 27.1. The van der Waals surface area contributed by atoms with Crippen molar-refractivity contribution in [1.82, 2.24) is 14.8 Å². The number of benzene rings is 1. The molecule has 0 saturated heterocycles. The van der Waals surface area contributed by atoms with Crippen molar-refractivity contribution in [1.29, 1.82) is 0 Å². The van der Waals surface area contributed by atoms with Crippen LogP contribution in [0.1, 0.15) is 31.9 Å². The van der Waals surface area contributed by atoms with Crippen molar-refractivity contribution in [2.75, 3.05) is 26.4 Å². The Hall–Kier alpha value is -2.99. The summed E-state index contributed by atoms with van der Waals surface area (Å²) in [5.41, 5.74) is 0.782. The summed E-state index contributed by atoms with van der Waals surface area (Å²) >= 11 is 6.17. The Bertz CT molecular complexity index is 1340. The van der Waals surface area contributed by atoms with Crippen LogP contribution < -0.4 is 15.0 Å². The molecule has 0 aliphatic rings. The quantitative estimate of drug-likeness (QED) is 0.245. The van der Waals surface area contributed by atoms with E-state index in [-0.39, 0.29) is 48.7 Å². The normalized spacial score (nSPS) is 11.9. The molecule has 0 unspecified atom stereocenters. The van der Waals surface area contributed by atoms with Crippen LogP contribution in [0.2, 0.25) is 5.02 Å². The van der Waals surface area contributed by atoms with E-state index in [1.807, 2.05) is 27.7 Å². The van der Waals surface area contributed by atoms with Crippen LogP contribution in [-0.2, 0) is 31.2 Å². The van der Waals surface area contributed by atoms with Gasteiger partial charge in [-0.15, -0.1) is 0 Å². The standard InChI is InChI=1S/C25H30ClN3O7S/c1-18-5-8-20(9-6-18)37(31,32)36-14-12-33-11-13-34-22-10-7-19(15-27-22)17-35-21-16-28-29(25(2,3)4)24(30)23(21)26/h5-10,15-16H,11-14,17H2,1-4H3. The summed E-state index contributed by atoms with van der Waals surface area (Å²) < 4.78 is 47.0. The van der Waals surface area contributed by atoms with E-state index in [0.29, 0.717) is 5.88 Å². The highest BCUT2D eigenvalue weighted by atomic mass is 35.5. The van der Waals surface area contributed by atoms with Crippen molar-refractivity contribution >= 4 is 21.7 Å². The average molecular weight is 552 g/mol. The van der Waals surface area contributed by atoms with Gasteiger partial charge in [0.25, 0.3) is 15.7 Å². The van der Waals surface area contributed by atoms with Gasteiger partial charge >= 0.3 is 0 Å². The highest BCUT2D eigenvalue weighted by Gasteiger charge is 2.20. The van der Waals surface area contributed by atoms with Crippen LogP contribution in [0.15, 0.2) is 58.5 Å². The molecule has 37 heavy (non-hydrogen) atoms. The van der Waals surface area contributed by atoms with Crippen molar-refractivity contribution in [3.05, 3.63) is 75.3 Å². The zero-order valence-corrected chi connectivity index (χ0v) is 22.7. The predicted molar refractivity (Wildman–Crippen MR) is 138 cm³/mol. The summed E-state index contributed by atoms with van der Waals surface area (Å²) in [5, 5.41) is 4.10. The van der Waals surface area contributed by atoms with E-state index in [0.717, 1.165) is 11.1 Å². The molecule has 0 aliphatic carbocycles. The smallest absolute Gasteiger partial charge is 0.297 e. The van der Waals surface area contributed by atoms with Gasteiger partial charge in [-0.2, -0.15) is 13.5 Å². The molecule has 0 fully saturated rings. The van der Waals surface area contributed by atoms with Crippen molar-refractivity contribution < 1.29 is 26.8 Å². The van der Waals surface area contributed by atoms with E-state index < -0.39 is 21.2 Å². The molecule has 1 aromatic carbocycles. The maximum absolute atomic E-state index is 12.4. The van der Waals surface area contributed by atoms with Crippen LogP contribution in [0.3, 0.4) is 0 Å². The Morgan fingerprint density at radius 2 is 1.65 bits per heavy atom. The van der Waals surface area contributed by atoms with E-state index in [4.69, 9.17) is 30.0 Å². The fourth-order valence-electron chi connectivity index (χ4n) is 3.02. The Kier molecular flexibility index (Phi) is 9.66. The lowest BCUT2D eigenvalue weighted by molar-refractivity contribution is 0.0767. The maximum atomic E-state index is 12.4. The van der Waals surface area contributed by atoms with E-state index in [9.17, 15) is 13.2 Å². The number of aromatic nitrogens is 3. The predicted octanol–water partition coefficient (Wildman–Crippen LogP) is 3.74. The first-order valence-corrected chi connectivity index (χ1v) is 13.3. The Balaban J connectivity index is 1.36. The number of aryl methyl sites for hydroxylation is 1. The first-order valence-electron chi connectivity index (χ1n) is 11.5. The minimum Gasteiger partial charge on any atom is -0.485 e. The molecule has 2 heterocycles. The second kappa shape index (κ2) is 12.5. The lowest BCUT2D eigenvalue weighted by Crippen LogP contribution is -2.36. The fraction of sp³-hybridized carbons (Fsp3) is 0.400. The second-order valence-electron chi connectivity index (χ2n) is 9.05. The van der Waals surface area contributed by atoms with E-state index >= 15 is 0 Å². The van der Waals surface area contributed by atoms with Crippen LogP contribution >= 0.6 is 11.6 Å². The van der Waals surface area contributed by atoms with E-state index in [1.165, 1.54) is 23.0 Å². The van der Waals surface area contributed by atoms with Crippen molar-refractivity contribution in [2.24, 2.45) is 0 Å². The number of halogens is 1. The summed E-state index contributed by atoms with van der Waals surface area (Å²) in [7, 11) is -3.81. The molecule has 200 valence electrons. The molecule has 0 amide bonds. The Morgan fingerprint density at radius 1 is 0.946 bits per heavy atom. The van der Waals surface area contributed by atoms with Crippen molar-refractivity contribution in [3.63, 3.8) is 0 Å². The molecular formula is C25H30ClN3O7S. The first-order chi connectivity index (χ1) is 17.5. The molecule has 0 atom stereocenters. The minimum atomic E-state index is -3.81. The number of ether oxygens (including phenoxy) is 3. The maximum Gasteiger partial charge on any atom is 0.297 e. The number of nitrogens with zero attached hydrogens (tertiary/aromatic N) is 3. The minimum absolute atomic E-state index is 0.0315. The summed E-state index contributed by atoms with van der Waals surface area (Å²) in [6, 6.07) is 9.86. The lowest BCUT2D eigenvalue weighted by Gasteiger charge is -2.21. The number of rotatable bonds is 12. The third-order valence-corrected chi connectivity index (χ3v) is 6.64. The van der Waals surface area contributed by atoms with Gasteiger partial charge in [0.1, 0.15) is 13.2 Å². The summed E-state index contributed by atoms with van der Waals surface area (Å²) in [6.07, 6.45) is 3.00. The number of pyridine rings is 1. The van der Waals surface area contributed by atoms with Gasteiger partial charge in [-0.3, -0.25) is 8.98 Å². The van der Waals surface area contributed by atoms with Gasteiger partial charge in [-0.1, -0.05) is 29.3 Å². The summed E-state index contributed by atoms with van der Waals surface area (Å²) in [6.45, 7) is 8.02. The summed E-state index contributed by atoms with van der Waals surface area (Å²) in [5.74, 6) is 0.582. The zero-order valence-electron chi connectivity index (χ0n) is 21.1. The third-order valence-electron chi connectivity index (χ3n) is 4.97. The Morgan fingerprint density at radius 3 is 2.30 bits per heavy atom. The van der Waals surface area contributed by atoms with Gasteiger partial charge < -0.3 is 14.2 Å². The molecular weight excluding hydrogens is 522 g/mol. The number of hydrogen-bond acceptors (Lipinski definition) is 9. The highest BCUT2D eigenvalue weighted by Crippen LogP contribution is 2.22. The molecule has 0 radical (unpaired) electrons. The van der Waals surface area contributed by atoms with Gasteiger partial charge in [-0.25, -0.2) is 9.67 Å². The second-order valence-corrected chi connectivity index (χ2v) is 11.0. The largest absolute Gasteiger partial charge is 0.485 e. The fourth-order valence-corrected chi connectivity index (χ4v) is 4.10. The Labute approximate surface area is 221 Å². The molecule has 0 saturated carbocycles. The molecule has 3 aromatic rings. The molecule has 0 N–H and O–H groups in total. The van der Waals surface area contributed by atoms with Crippen LogP contribution in [0.4, 0.5) is 0 Å². The van der Waals surface area contributed by atoms with Crippen molar-refractivity contribution in [3.8, 4) is 11.6 Å².